The van der Waals surface area contributed by atoms with Crippen LogP contribution in [0, 0.1) is 0 Å². The smallest absolute Gasteiger partial charge is 0.237 e. The minimum Gasteiger partial charge on any atom is -0.477 e. The number of aryl methyl sites for hydroxylation is 1. The van der Waals surface area contributed by atoms with Crippen molar-refractivity contribution in [3.63, 3.8) is 0 Å². The summed E-state index contributed by atoms with van der Waals surface area (Å²) in [5, 5.41) is 0.412. The van der Waals surface area contributed by atoms with Gasteiger partial charge in [0, 0.05) is 38.3 Å². The molecule has 0 unspecified atom stereocenters. The van der Waals surface area contributed by atoms with Crippen LogP contribution in [0.2, 0.25) is 5.02 Å². The molecule has 0 bridgehead atoms. The molecular formula is C14H19ClN6O. The molecule has 1 fully saturated rings. The molecule has 1 saturated heterocycles. The van der Waals surface area contributed by atoms with Crippen LogP contribution in [-0.2, 0) is 7.05 Å². The Hall–Kier alpha value is -1.86. The number of rotatable bonds is 4. The summed E-state index contributed by atoms with van der Waals surface area (Å²) >= 11 is 6.03. The lowest BCUT2D eigenvalue weighted by Crippen LogP contribution is -2.29. The third-order valence-electron chi connectivity index (χ3n) is 3.73. The first-order valence-electron chi connectivity index (χ1n) is 7.22. The molecule has 7 nitrogen and oxygen atoms in total. The maximum atomic E-state index is 6.27. The highest BCUT2D eigenvalue weighted by molar-refractivity contribution is 6.31. The van der Waals surface area contributed by atoms with E-state index in [4.69, 9.17) is 22.1 Å². The highest BCUT2D eigenvalue weighted by Crippen LogP contribution is 2.30. The molecule has 8 heteroatoms. The second-order valence-corrected chi connectivity index (χ2v) is 5.80. The fourth-order valence-corrected chi connectivity index (χ4v) is 2.81. The van der Waals surface area contributed by atoms with Crippen molar-refractivity contribution in [2.24, 2.45) is 12.8 Å². The number of hydrogen-bond donors (Lipinski definition) is 1. The Bertz CT molecular complexity index is 661. The molecular weight excluding hydrogens is 304 g/mol. The van der Waals surface area contributed by atoms with Gasteiger partial charge in [-0.1, -0.05) is 11.6 Å². The fourth-order valence-electron chi connectivity index (χ4n) is 2.66. The molecule has 0 spiro atoms. The van der Waals surface area contributed by atoms with Gasteiger partial charge >= 0.3 is 0 Å². The van der Waals surface area contributed by atoms with Gasteiger partial charge in [0.2, 0.25) is 11.8 Å². The van der Waals surface area contributed by atoms with Crippen LogP contribution in [0.1, 0.15) is 18.5 Å². The van der Waals surface area contributed by atoms with E-state index in [0.29, 0.717) is 30.0 Å². The standard InChI is InChI=1S/C14H19ClN6O/c1-3-22-13-10(15)4-17-14(19-13)21-5-9(11(16)6-21)12-7-20(2)8-18-12/h4,7-9,11H,3,5-6,16H2,1-2H3/t9-,11-/m1/s1. The normalized spacial score (nSPS) is 21.4. The van der Waals surface area contributed by atoms with Gasteiger partial charge < -0.3 is 19.9 Å². The van der Waals surface area contributed by atoms with Gasteiger partial charge in [-0.3, -0.25) is 0 Å². The van der Waals surface area contributed by atoms with E-state index in [1.54, 1.807) is 12.5 Å². The van der Waals surface area contributed by atoms with Gasteiger partial charge in [-0.2, -0.15) is 4.98 Å². The third kappa shape index (κ3) is 2.86. The molecule has 0 aliphatic carbocycles. The summed E-state index contributed by atoms with van der Waals surface area (Å²) in [5.74, 6) is 1.15. The van der Waals surface area contributed by atoms with Crippen molar-refractivity contribution in [1.82, 2.24) is 19.5 Å². The minimum absolute atomic E-state index is 0.00952. The van der Waals surface area contributed by atoms with Gasteiger partial charge in [-0.05, 0) is 6.92 Å². The lowest BCUT2D eigenvalue weighted by molar-refractivity contribution is 0.326. The quantitative estimate of drug-likeness (QED) is 0.910. The second-order valence-electron chi connectivity index (χ2n) is 5.40. The van der Waals surface area contributed by atoms with E-state index in [-0.39, 0.29) is 12.0 Å². The van der Waals surface area contributed by atoms with E-state index in [0.717, 1.165) is 12.2 Å². The number of nitrogens with zero attached hydrogens (tertiary/aromatic N) is 5. The Balaban J connectivity index is 1.80. The molecule has 22 heavy (non-hydrogen) atoms. The third-order valence-corrected chi connectivity index (χ3v) is 3.99. The minimum atomic E-state index is -0.00952. The maximum absolute atomic E-state index is 6.27. The first kappa shape index (κ1) is 15.1. The summed E-state index contributed by atoms with van der Waals surface area (Å²) in [7, 11) is 1.95. The molecule has 3 heterocycles. The lowest BCUT2D eigenvalue weighted by Gasteiger charge is -2.16. The number of hydrogen-bond acceptors (Lipinski definition) is 6. The summed E-state index contributed by atoms with van der Waals surface area (Å²) < 4.78 is 7.35. The summed E-state index contributed by atoms with van der Waals surface area (Å²) in [6.45, 7) is 3.80. The first-order valence-corrected chi connectivity index (χ1v) is 7.60. The molecule has 0 aromatic carbocycles. The number of imidazole rings is 1. The van der Waals surface area contributed by atoms with Crippen LogP contribution < -0.4 is 15.4 Å². The molecule has 3 rings (SSSR count). The van der Waals surface area contributed by atoms with Crippen LogP contribution in [0.4, 0.5) is 5.95 Å². The van der Waals surface area contributed by atoms with Crippen molar-refractivity contribution in [3.05, 3.63) is 29.4 Å². The van der Waals surface area contributed by atoms with Crippen molar-refractivity contribution in [2.75, 3.05) is 24.6 Å². The Morgan fingerprint density at radius 2 is 2.23 bits per heavy atom. The monoisotopic (exact) mass is 322 g/mol. The van der Waals surface area contributed by atoms with Crippen LogP contribution in [0.15, 0.2) is 18.7 Å². The molecule has 2 aromatic heterocycles. The largest absolute Gasteiger partial charge is 0.477 e. The summed E-state index contributed by atoms with van der Waals surface area (Å²) in [6, 6.07) is -0.00952. The zero-order valence-corrected chi connectivity index (χ0v) is 13.4. The Morgan fingerprint density at radius 3 is 2.91 bits per heavy atom. The van der Waals surface area contributed by atoms with Crippen LogP contribution in [0.25, 0.3) is 0 Å². The van der Waals surface area contributed by atoms with Crippen molar-refractivity contribution in [3.8, 4) is 5.88 Å². The van der Waals surface area contributed by atoms with E-state index in [1.165, 1.54) is 0 Å². The van der Waals surface area contributed by atoms with E-state index >= 15 is 0 Å². The van der Waals surface area contributed by atoms with Crippen molar-refractivity contribution >= 4 is 17.5 Å². The Kier molecular flexibility index (Phi) is 4.17. The number of nitrogens with two attached hydrogens (primary N) is 1. The number of halogens is 1. The van der Waals surface area contributed by atoms with Crippen LogP contribution in [0.5, 0.6) is 5.88 Å². The van der Waals surface area contributed by atoms with Crippen molar-refractivity contribution < 1.29 is 4.74 Å². The van der Waals surface area contributed by atoms with Crippen molar-refractivity contribution in [2.45, 2.75) is 18.9 Å². The summed E-state index contributed by atoms with van der Waals surface area (Å²) in [5.41, 5.74) is 7.27. The maximum Gasteiger partial charge on any atom is 0.237 e. The SMILES string of the molecule is CCOc1nc(N2C[C@@H](N)[C@H](c3cn(C)cn3)C2)ncc1Cl. The lowest BCUT2D eigenvalue weighted by atomic mass is 10.0. The van der Waals surface area contributed by atoms with E-state index in [9.17, 15) is 0 Å². The Morgan fingerprint density at radius 1 is 1.41 bits per heavy atom. The molecule has 1 aliphatic heterocycles. The molecule has 2 atom stereocenters. The highest BCUT2D eigenvalue weighted by atomic mass is 35.5. The number of anilines is 1. The molecule has 1 aliphatic rings. The molecule has 0 amide bonds. The Labute approximate surface area is 134 Å². The van der Waals surface area contributed by atoms with Crippen LogP contribution in [0.3, 0.4) is 0 Å². The summed E-state index contributed by atoms with van der Waals surface area (Å²) in [6.07, 6.45) is 5.35. The molecule has 0 saturated carbocycles. The molecule has 118 valence electrons. The van der Waals surface area contributed by atoms with E-state index in [1.807, 2.05) is 29.6 Å². The topological polar surface area (TPSA) is 82.1 Å². The molecule has 2 N–H and O–H groups in total. The van der Waals surface area contributed by atoms with Gasteiger partial charge in [0.25, 0.3) is 0 Å². The van der Waals surface area contributed by atoms with Crippen LogP contribution in [-0.4, -0.2) is 45.3 Å². The molecule has 0 radical (unpaired) electrons. The first-order chi connectivity index (χ1) is 10.6. The highest BCUT2D eigenvalue weighted by Gasteiger charge is 2.34. The molecule has 2 aromatic rings. The predicted octanol–water partition coefficient (Wildman–Crippen LogP) is 1.19. The van der Waals surface area contributed by atoms with Crippen molar-refractivity contribution in [1.29, 1.82) is 0 Å². The number of ether oxygens (including phenoxy) is 1. The average molecular weight is 323 g/mol. The second kappa shape index (κ2) is 6.10. The summed E-state index contributed by atoms with van der Waals surface area (Å²) in [4.78, 5) is 15.1. The van der Waals surface area contributed by atoms with Gasteiger partial charge in [0.15, 0.2) is 0 Å². The van der Waals surface area contributed by atoms with Gasteiger partial charge in [0.05, 0.1) is 24.8 Å². The van der Waals surface area contributed by atoms with Crippen LogP contribution >= 0.6 is 11.6 Å². The van der Waals surface area contributed by atoms with Gasteiger partial charge in [-0.25, -0.2) is 9.97 Å². The van der Waals surface area contributed by atoms with E-state index in [2.05, 4.69) is 15.0 Å². The average Bonchev–Trinajstić information content (AvgIpc) is 3.07. The zero-order valence-electron chi connectivity index (χ0n) is 12.6. The van der Waals surface area contributed by atoms with Gasteiger partial charge in [-0.15, -0.1) is 0 Å². The number of aromatic nitrogens is 4. The van der Waals surface area contributed by atoms with E-state index < -0.39 is 0 Å². The predicted molar refractivity (Wildman–Crippen MR) is 84.3 cm³/mol. The van der Waals surface area contributed by atoms with Gasteiger partial charge in [0.1, 0.15) is 5.02 Å². The zero-order chi connectivity index (χ0) is 15.7. The fraction of sp³-hybridized carbons (Fsp3) is 0.500.